The first-order valence-electron chi connectivity index (χ1n) is 6.65. The van der Waals surface area contributed by atoms with Crippen LogP contribution in [0.1, 0.15) is 29.5 Å². The van der Waals surface area contributed by atoms with E-state index in [0.29, 0.717) is 5.41 Å². The number of carboxylic acids is 1. The van der Waals surface area contributed by atoms with Crippen molar-refractivity contribution in [2.75, 3.05) is 19.8 Å². The largest absolute Gasteiger partial charge is 0.481 e. The van der Waals surface area contributed by atoms with Gasteiger partial charge in [0.2, 0.25) is 0 Å². The first-order chi connectivity index (χ1) is 9.07. The molecule has 0 atom stereocenters. The van der Waals surface area contributed by atoms with E-state index >= 15 is 0 Å². The van der Waals surface area contributed by atoms with Crippen molar-refractivity contribution in [2.45, 2.75) is 32.7 Å². The van der Waals surface area contributed by atoms with Crippen molar-refractivity contribution in [3.8, 4) is 0 Å². The van der Waals surface area contributed by atoms with Crippen LogP contribution in [-0.4, -0.2) is 30.8 Å². The van der Waals surface area contributed by atoms with Crippen molar-refractivity contribution in [1.82, 2.24) is 5.32 Å². The van der Waals surface area contributed by atoms with Gasteiger partial charge in [-0.2, -0.15) is 0 Å². The van der Waals surface area contributed by atoms with E-state index in [1.54, 1.807) is 11.3 Å². The van der Waals surface area contributed by atoms with Crippen LogP contribution in [0.3, 0.4) is 0 Å². The topological polar surface area (TPSA) is 58.6 Å². The molecule has 1 aliphatic heterocycles. The van der Waals surface area contributed by atoms with E-state index < -0.39 is 5.97 Å². The molecule has 2 N–H and O–H groups in total. The van der Waals surface area contributed by atoms with E-state index in [2.05, 4.69) is 12.2 Å². The number of ether oxygens (including phenoxy) is 1. The highest BCUT2D eigenvalue weighted by molar-refractivity contribution is 7.12. The molecule has 5 heteroatoms. The van der Waals surface area contributed by atoms with Gasteiger partial charge in [-0.1, -0.05) is 6.92 Å². The molecule has 1 aromatic heterocycles. The summed E-state index contributed by atoms with van der Waals surface area (Å²) in [5.41, 5.74) is 0.333. The van der Waals surface area contributed by atoms with E-state index in [4.69, 9.17) is 9.84 Å². The van der Waals surface area contributed by atoms with Crippen molar-refractivity contribution >= 4 is 17.3 Å². The van der Waals surface area contributed by atoms with Crippen LogP contribution in [0, 0.1) is 5.41 Å². The van der Waals surface area contributed by atoms with Crippen LogP contribution in [0.5, 0.6) is 0 Å². The van der Waals surface area contributed by atoms with E-state index in [-0.39, 0.29) is 6.42 Å². The second-order valence-corrected chi connectivity index (χ2v) is 6.72. The van der Waals surface area contributed by atoms with Crippen LogP contribution in [0.25, 0.3) is 0 Å². The Balaban J connectivity index is 1.76. The number of carboxylic acid groups (broad SMARTS) is 1. The predicted molar refractivity (Wildman–Crippen MR) is 75.5 cm³/mol. The van der Waals surface area contributed by atoms with Gasteiger partial charge in [-0.05, 0) is 30.4 Å². The Morgan fingerprint density at radius 3 is 2.79 bits per heavy atom. The van der Waals surface area contributed by atoms with Gasteiger partial charge in [0, 0.05) is 36.1 Å². The lowest BCUT2D eigenvalue weighted by molar-refractivity contribution is -0.136. The number of hydrogen-bond acceptors (Lipinski definition) is 4. The third-order valence-electron chi connectivity index (χ3n) is 3.59. The second-order valence-electron chi connectivity index (χ2n) is 5.47. The third-order valence-corrected chi connectivity index (χ3v) is 4.68. The van der Waals surface area contributed by atoms with Gasteiger partial charge >= 0.3 is 5.97 Å². The van der Waals surface area contributed by atoms with Crippen molar-refractivity contribution < 1.29 is 14.6 Å². The molecule has 2 rings (SSSR count). The fraction of sp³-hybridized carbons (Fsp3) is 0.643. The molecule has 4 nitrogen and oxygen atoms in total. The van der Waals surface area contributed by atoms with Crippen molar-refractivity contribution in [3.05, 3.63) is 21.9 Å². The molecular weight excluding hydrogens is 262 g/mol. The average Bonchev–Trinajstić information content (AvgIpc) is 2.76. The molecular formula is C14H21NO3S. The zero-order valence-corrected chi connectivity index (χ0v) is 12.1. The van der Waals surface area contributed by atoms with Gasteiger partial charge in [0.25, 0.3) is 0 Å². The molecule has 1 aliphatic rings. The molecule has 2 heterocycles. The Bertz CT molecular complexity index is 424. The molecule has 0 spiro atoms. The molecule has 0 amide bonds. The van der Waals surface area contributed by atoms with Crippen LogP contribution >= 0.6 is 11.3 Å². The first kappa shape index (κ1) is 14.5. The summed E-state index contributed by atoms with van der Waals surface area (Å²) in [5, 5.41) is 12.2. The van der Waals surface area contributed by atoms with Crippen LogP contribution in [0.15, 0.2) is 12.1 Å². The maximum absolute atomic E-state index is 10.6. The van der Waals surface area contributed by atoms with Gasteiger partial charge in [0.15, 0.2) is 0 Å². The molecule has 1 saturated heterocycles. The summed E-state index contributed by atoms with van der Waals surface area (Å²) in [6.45, 7) is 5.83. The van der Waals surface area contributed by atoms with Gasteiger partial charge in [-0.25, -0.2) is 0 Å². The maximum atomic E-state index is 10.6. The Kier molecular flexibility index (Phi) is 4.96. The zero-order valence-electron chi connectivity index (χ0n) is 11.3. The molecule has 0 unspecified atom stereocenters. The third kappa shape index (κ3) is 4.60. The minimum absolute atomic E-state index is 0.125. The van der Waals surface area contributed by atoms with Crippen LogP contribution in [0.4, 0.5) is 0 Å². The van der Waals surface area contributed by atoms with Crippen LogP contribution in [0.2, 0.25) is 0 Å². The molecule has 1 aromatic rings. The summed E-state index contributed by atoms with van der Waals surface area (Å²) in [7, 11) is 0. The quantitative estimate of drug-likeness (QED) is 0.841. The monoisotopic (exact) mass is 283 g/mol. The lowest BCUT2D eigenvalue weighted by atomic mass is 9.82. The second kappa shape index (κ2) is 6.50. The van der Waals surface area contributed by atoms with E-state index in [9.17, 15) is 4.79 Å². The fourth-order valence-electron chi connectivity index (χ4n) is 2.29. The smallest absolute Gasteiger partial charge is 0.308 e. The molecule has 0 bridgehead atoms. The van der Waals surface area contributed by atoms with Crippen LogP contribution in [-0.2, 0) is 22.5 Å². The Morgan fingerprint density at radius 2 is 2.11 bits per heavy atom. The minimum Gasteiger partial charge on any atom is -0.481 e. The highest BCUT2D eigenvalue weighted by Gasteiger charge is 2.26. The first-order valence-corrected chi connectivity index (χ1v) is 7.47. The summed E-state index contributed by atoms with van der Waals surface area (Å²) >= 11 is 1.58. The highest BCUT2D eigenvalue weighted by Crippen LogP contribution is 2.28. The number of hydrogen-bond donors (Lipinski definition) is 2. The summed E-state index contributed by atoms with van der Waals surface area (Å²) in [4.78, 5) is 12.7. The number of carbonyl (C=O) groups is 1. The molecule has 0 aromatic carbocycles. The Hall–Kier alpha value is -0.910. The molecule has 0 aliphatic carbocycles. The molecule has 0 radical (unpaired) electrons. The van der Waals surface area contributed by atoms with Gasteiger partial charge in [0.1, 0.15) is 0 Å². The summed E-state index contributed by atoms with van der Waals surface area (Å²) in [6.07, 6.45) is 2.34. The number of aliphatic carboxylic acids is 1. The predicted octanol–water partition coefficient (Wildman–Crippen LogP) is 2.28. The van der Waals surface area contributed by atoms with Gasteiger partial charge in [0.05, 0.1) is 6.42 Å². The van der Waals surface area contributed by atoms with Crippen molar-refractivity contribution in [3.63, 3.8) is 0 Å². The Labute approximate surface area is 117 Å². The lowest BCUT2D eigenvalue weighted by Crippen LogP contribution is -2.36. The standard InChI is InChI=1S/C14H21NO3S/c1-14(4-6-18-7-5-14)10-15-9-12-3-2-11(19-12)8-13(16)17/h2-3,15H,4-10H2,1H3,(H,16,17). The van der Waals surface area contributed by atoms with Crippen LogP contribution < -0.4 is 5.32 Å². The molecule has 19 heavy (non-hydrogen) atoms. The molecule has 1 fully saturated rings. The number of rotatable bonds is 6. The highest BCUT2D eigenvalue weighted by atomic mass is 32.1. The SMILES string of the molecule is CC1(CNCc2ccc(CC(=O)O)s2)CCOCC1. The summed E-state index contributed by atoms with van der Waals surface area (Å²) in [6, 6.07) is 3.92. The molecule has 106 valence electrons. The van der Waals surface area contributed by atoms with Crippen molar-refractivity contribution in [2.24, 2.45) is 5.41 Å². The Morgan fingerprint density at radius 1 is 1.42 bits per heavy atom. The summed E-state index contributed by atoms with van der Waals surface area (Å²) < 4.78 is 5.39. The van der Waals surface area contributed by atoms with Crippen molar-refractivity contribution in [1.29, 1.82) is 0 Å². The number of thiophene rings is 1. The fourth-order valence-corrected chi connectivity index (χ4v) is 3.27. The van der Waals surface area contributed by atoms with Gasteiger partial charge < -0.3 is 15.2 Å². The zero-order chi connectivity index (χ0) is 13.7. The van der Waals surface area contributed by atoms with E-state index in [1.807, 2.05) is 12.1 Å². The normalized spacial score (nSPS) is 18.4. The van der Waals surface area contributed by atoms with Gasteiger partial charge in [-0.15, -0.1) is 11.3 Å². The van der Waals surface area contributed by atoms with E-state index in [1.165, 1.54) is 4.88 Å². The minimum atomic E-state index is -0.768. The average molecular weight is 283 g/mol. The van der Waals surface area contributed by atoms with Gasteiger partial charge in [-0.3, -0.25) is 4.79 Å². The lowest BCUT2D eigenvalue weighted by Gasteiger charge is -2.33. The molecule has 0 saturated carbocycles. The van der Waals surface area contributed by atoms with E-state index in [0.717, 1.165) is 44.0 Å². The number of nitrogens with one attached hydrogen (secondary N) is 1. The summed E-state index contributed by atoms with van der Waals surface area (Å²) in [5.74, 6) is -0.768. The maximum Gasteiger partial charge on any atom is 0.308 e.